The van der Waals surface area contributed by atoms with Crippen molar-refractivity contribution in [2.24, 2.45) is 0 Å². The highest BCUT2D eigenvalue weighted by molar-refractivity contribution is 5.92. The maximum absolute atomic E-state index is 11.6. The maximum Gasteiger partial charge on any atom is 0.203 e. The fourth-order valence-corrected chi connectivity index (χ4v) is 1.33. The summed E-state index contributed by atoms with van der Waals surface area (Å²) in [6.45, 7) is 0.334. The highest BCUT2D eigenvalue weighted by Gasteiger charge is 2.07. The van der Waals surface area contributed by atoms with Crippen molar-refractivity contribution in [3.8, 4) is 5.75 Å². The molecule has 2 rings (SSSR count). The van der Waals surface area contributed by atoms with Gasteiger partial charge in [0, 0.05) is 18.8 Å². The summed E-state index contributed by atoms with van der Waals surface area (Å²) in [6, 6.07) is 11.1. The Morgan fingerprint density at radius 1 is 1.06 bits per heavy atom. The van der Waals surface area contributed by atoms with E-state index in [4.69, 9.17) is 4.74 Å². The van der Waals surface area contributed by atoms with Gasteiger partial charge in [-0.1, -0.05) is 18.2 Å². The van der Waals surface area contributed by atoms with Crippen LogP contribution in [0.1, 0.15) is 17.0 Å². The zero-order chi connectivity index (χ0) is 11.9. The number of hydrogen-bond acceptors (Lipinski definition) is 4. The van der Waals surface area contributed by atoms with Crippen molar-refractivity contribution in [1.29, 1.82) is 0 Å². The van der Waals surface area contributed by atoms with E-state index in [1.807, 2.05) is 30.3 Å². The Morgan fingerprint density at radius 3 is 2.47 bits per heavy atom. The minimum absolute atomic E-state index is 0.110. The van der Waals surface area contributed by atoms with Gasteiger partial charge in [0.1, 0.15) is 5.75 Å². The van der Waals surface area contributed by atoms with Crippen LogP contribution in [0.5, 0.6) is 5.75 Å². The van der Waals surface area contributed by atoms with Crippen molar-refractivity contribution >= 4 is 5.78 Å². The number of aromatic nitrogens is 2. The largest absolute Gasteiger partial charge is 0.493 e. The molecule has 4 heteroatoms. The average molecular weight is 228 g/mol. The fraction of sp³-hybridized carbons (Fsp3) is 0.154. The number of nitrogens with zero attached hydrogens (tertiary/aromatic N) is 2. The third-order valence-electron chi connectivity index (χ3n) is 2.16. The summed E-state index contributed by atoms with van der Waals surface area (Å²) in [5.74, 6) is 0.889. The number of ketones is 1. The fourth-order valence-electron chi connectivity index (χ4n) is 1.33. The van der Waals surface area contributed by atoms with Crippen LogP contribution >= 0.6 is 0 Å². The van der Waals surface area contributed by atoms with Crippen molar-refractivity contribution in [1.82, 2.24) is 9.97 Å². The minimum atomic E-state index is -0.110. The molecule has 1 aromatic carbocycles. The van der Waals surface area contributed by atoms with E-state index >= 15 is 0 Å². The van der Waals surface area contributed by atoms with Crippen molar-refractivity contribution in [3.63, 3.8) is 0 Å². The Bertz CT molecular complexity index is 471. The molecule has 0 spiro atoms. The zero-order valence-corrected chi connectivity index (χ0v) is 9.24. The van der Waals surface area contributed by atoms with Gasteiger partial charge in [-0.2, -0.15) is 0 Å². The molecule has 4 nitrogen and oxygen atoms in total. The summed E-state index contributed by atoms with van der Waals surface area (Å²) in [5.41, 5.74) is 0. The van der Waals surface area contributed by atoms with Gasteiger partial charge in [0.15, 0.2) is 5.82 Å². The van der Waals surface area contributed by atoms with Gasteiger partial charge in [-0.15, -0.1) is 0 Å². The molecule has 0 aliphatic heterocycles. The number of hydrogen-bond donors (Lipinski definition) is 0. The van der Waals surface area contributed by atoms with Crippen LogP contribution in [0.15, 0.2) is 48.8 Å². The normalized spacial score (nSPS) is 9.88. The van der Waals surface area contributed by atoms with Crippen LogP contribution in [0.3, 0.4) is 0 Å². The van der Waals surface area contributed by atoms with E-state index in [1.165, 1.54) is 0 Å². The summed E-state index contributed by atoms with van der Waals surface area (Å²) in [6.07, 6.45) is 3.38. The Labute approximate surface area is 99.3 Å². The zero-order valence-electron chi connectivity index (χ0n) is 9.24. The van der Waals surface area contributed by atoms with Gasteiger partial charge in [-0.25, -0.2) is 9.97 Å². The van der Waals surface area contributed by atoms with Crippen LogP contribution in [-0.2, 0) is 0 Å². The molecule has 0 aliphatic carbocycles. The van der Waals surface area contributed by atoms with E-state index in [2.05, 4.69) is 9.97 Å². The molecule has 0 radical (unpaired) electrons. The molecule has 1 aromatic heterocycles. The van der Waals surface area contributed by atoms with Crippen molar-refractivity contribution in [3.05, 3.63) is 54.6 Å². The van der Waals surface area contributed by atoms with Crippen LogP contribution in [0.25, 0.3) is 0 Å². The van der Waals surface area contributed by atoms with Gasteiger partial charge >= 0.3 is 0 Å². The second-order valence-electron chi connectivity index (χ2n) is 3.41. The van der Waals surface area contributed by atoms with Gasteiger partial charge in [0.2, 0.25) is 5.78 Å². The summed E-state index contributed by atoms with van der Waals surface area (Å²) in [7, 11) is 0. The molecule has 0 amide bonds. The predicted octanol–water partition coefficient (Wildman–Crippen LogP) is 2.13. The number of ether oxygens (including phenoxy) is 1. The van der Waals surface area contributed by atoms with Crippen molar-refractivity contribution < 1.29 is 9.53 Å². The lowest BCUT2D eigenvalue weighted by molar-refractivity contribution is 0.0952. The third-order valence-corrected chi connectivity index (χ3v) is 2.16. The second-order valence-corrected chi connectivity index (χ2v) is 3.41. The van der Waals surface area contributed by atoms with Crippen molar-refractivity contribution in [2.45, 2.75) is 6.42 Å². The summed E-state index contributed by atoms with van der Waals surface area (Å²) in [5, 5.41) is 0. The number of Topliss-reactive ketones (excluding diaryl/α,β-unsaturated/α-hetero) is 1. The quantitative estimate of drug-likeness (QED) is 0.735. The number of benzene rings is 1. The Kier molecular flexibility index (Phi) is 3.81. The molecular weight excluding hydrogens is 216 g/mol. The average Bonchev–Trinajstić information content (AvgIpc) is 2.41. The molecule has 0 fully saturated rings. The number of carbonyl (C=O) groups excluding carboxylic acids is 1. The van der Waals surface area contributed by atoms with Crippen LogP contribution in [-0.4, -0.2) is 22.4 Å². The first-order valence-corrected chi connectivity index (χ1v) is 5.34. The van der Waals surface area contributed by atoms with Gasteiger partial charge in [-0.3, -0.25) is 4.79 Å². The van der Waals surface area contributed by atoms with E-state index in [-0.39, 0.29) is 18.0 Å². The molecule has 0 unspecified atom stereocenters. The lowest BCUT2D eigenvalue weighted by atomic mass is 10.3. The first-order chi connectivity index (χ1) is 8.36. The lowest BCUT2D eigenvalue weighted by Crippen LogP contribution is -2.09. The maximum atomic E-state index is 11.6. The monoisotopic (exact) mass is 228 g/mol. The van der Waals surface area contributed by atoms with Gasteiger partial charge in [-0.05, 0) is 18.2 Å². The number of carbonyl (C=O) groups is 1. The minimum Gasteiger partial charge on any atom is -0.493 e. The van der Waals surface area contributed by atoms with E-state index in [1.54, 1.807) is 18.5 Å². The molecular formula is C13H12N2O2. The lowest BCUT2D eigenvalue weighted by Gasteiger charge is -2.04. The highest BCUT2D eigenvalue weighted by Crippen LogP contribution is 2.08. The Hall–Kier alpha value is -2.23. The molecule has 2 aromatic rings. The topological polar surface area (TPSA) is 52.1 Å². The van der Waals surface area contributed by atoms with Crippen LogP contribution in [0.4, 0.5) is 0 Å². The molecule has 0 N–H and O–H groups in total. The van der Waals surface area contributed by atoms with E-state index in [0.29, 0.717) is 6.61 Å². The molecule has 0 saturated heterocycles. The molecule has 1 heterocycles. The molecule has 0 saturated carbocycles. The van der Waals surface area contributed by atoms with Gasteiger partial charge in [0.05, 0.1) is 6.61 Å². The molecule has 0 bridgehead atoms. The van der Waals surface area contributed by atoms with Crippen LogP contribution in [0, 0.1) is 0 Å². The Balaban J connectivity index is 1.82. The van der Waals surface area contributed by atoms with Gasteiger partial charge in [0.25, 0.3) is 0 Å². The van der Waals surface area contributed by atoms with Crippen LogP contribution in [0.2, 0.25) is 0 Å². The molecule has 0 aliphatic rings. The SMILES string of the molecule is O=C(CCOc1ccccc1)c1ncccn1. The Morgan fingerprint density at radius 2 is 1.76 bits per heavy atom. The summed E-state index contributed by atoms with van der Waals surface area (Å²) >= 11 is 0. The third kappa shape index (κ3) is 3.38. The molecule has 86 valence electrons. The predicted molar refractivity (Wildman–Crippen MR) is 62.9 cm³/mol. The standard InChI is InChI=1S/C13H12N2O2/c16-12(13-14-8-4-9-15-13)7-10-17-11-5-2-1-3-6-11/h1-6,8-9H,7,10H2. The highest BCUT2D eigenvalue weighted by atomic mass is 16.5. The van der Waals surface area contributed by atoms with Gasteiger partial charge < -0.3 is 4.74 Å². The first kappa shape index (κ1) is 11.3. The first-order valence-electron chi connectivity index (χ1n) is 5.34. The van der Waals surface area contributed by atoms with E-state index in [0.717, 1.165) is 5.75 Å². The van der Waals surface area contributed by atoms with Crippen molar-refractivity contribution in [2.75, 3.05) is 6.61 Å². The smallest absolute Gasteiger partial charge is 0.203 e. The summed E-state index contributed by atoms with van der Waals surface area (Å²) in [4.78, 5) is 19.4. The number of rotatable bonds is 5. The molecule has 0 atom stereocenters. The second kappa shape index (κ2) is 5.75. The van der Waals surface area contributed by atoms with Crippen LogP contribution < -0.4 is 4.74 Å². The molecule has 17 heavy (non-hydrogen) atoms. The van der Waals surface area contributed by atoms with E-state index < -0.39 is 0 Å². The number of para-hydroxylation sites is 1. The summed E-state index contributed by atoms with van der Waals surface area (Å²) < 4.78 is 5.42. The van der Waals surface area contributed by atoms with E-state index in [9.17, 15) is 4.79 Å².